The molecule has 232 valence electrons. The molecule has 2 aromatic rings. The molecule has 2 N–H and O–H groups in total. The maximum Gasteiger partial charge on any atom is 0.334 e. The molecular weight excluding hydrogens is 556 g/mol. The first-order chi connectivity index (χ1) is 20.6. The Balaban J connectivity index is 2.06. The summed E-state index contributed by atoms with van der Waals surface area (Å²) < 4.78 is 21.7. The van der Waals surface area contributed by atoms with Crippen molar-refractivity contribution >= 4 is 23.9 Å². The first kappa shape index (κ1) is 34.6. The highest BCUT2D eigenvalue weighted by molar-refractivity contribution is 5.93. The standard InChI is InChI=1S/C33H40O10/c1-4-5-6-7-8-10-25-13-14-28(41-16-18-43-33(39)24(3)20-31(36)37)22-29(25)26-11-9-12-27(21-26)40-15-17-42-32(38)23(2)19-30(34)35/h9,11-14,21-22H,2-8,10,15-20H2,1H3,(H,34,35)(H,36,37). The number of aryl methyl sites for hydroxylation is 1. The number of aliphatic carboxylic acids is 2. The average Bonchev–Trinajstić information content (AvgIpc) is 2.97. The predicted octanol–water partition coefficient (Wildman–Crippen LogP) is 5.77. The molecule has 0 aliphatic heterocycles. The fourth-order valence-corrected chi connectivity index (χ4v) is 4.11. The lowest BCUT2D eigenvalue weighted by Crippen LogP contribution is -2.15. The average molecular weight is 597 g/mol. The number of rotatable bonds is 21. The van der Waals surface area contributed by atoms with Gasteiger partial charge in [0, 0.05) is 11.1 Å². The molecule has 0 spiro atoms. The van der Waals surface area contributed by atoms with Gasteiger partial charge in [-0.15, -0.1) is 0 Å². The number of carbonyl (C=O) groups is 4. The van der Waals surface area contributed by atoms with Crippen molar-refractivity contribution in [3.63, 3.8) is 0 Å². The Morgan fingerprint density at radius 2 is 1.26 bits per heavy atom. The number of esters is 2. The number of carboxylic acids is 2. The summed E-state index contributed by atoms with van der Waals surface area (Å²) in [6, 6.07) is 13.3. The summed E-state index contributed by atoms with van der Waals surface area (Å²) in [7, 11) is 0. The van der Waals surface area contributed by atoms with E-state index < -0.39 is 36.7 Å². The molecule has 0 radical (unpaired) electrons. The zero-order chi connectivity index (χ0) is 31.6. The van der Waals surface area contributed by atoms with Crippen LogP contribution >= 0.6 is 0 Å². The molecule has 0 fully saturated rings. The fourth-order valence-electron chi connectivity index (χ4n) is 4.11. The minimum Gasteiger partial charge on any atom is -0.490 e. The van der Waals surface area contributed by atoms with E-state index in [0.29, 0.717) is 11.5 Å². The van der Waals surface area contributed by atoms with E-state index in [1.54, 1.807) is 6.07 Å². The third kappa shape index (κ3) is 13.3. The third-order valence-electron chi connectivity index (χ3n) is 6.25. The summed E-state index contributed by atoms with van der Waals surface area (Å²) in [4.78, 5) is 45.2. The second-order valence-electron chi connectivity index (χ2n) is 9.83. The van der Waals surface area contributed by atoms with Crippen LogP contribution in [0.4, 0.5) is 0 Å². The van der Waals surface area contributed by atoms with Gasteiger partial charge in [0.1, 0.15) is 37.9 Å². The zero-order valence-electron chi connectivity index (χ0n) is 24.6. The van der Waals surface area contributed by atoms with E-state index in [9.17, 15) is 19.2 Å². The number of unbranched alkanes of at least 4 members (excludes halogenated alkanes) is 4. The molecule has 0 aliphatic rings. The van der Waals surface area contributed by atoms with E-state index in [1.165, 1.54) is 19.3 Å². The van der Waals surface area contributed by atoms with Crippen molar-refractivity contribution in [3.05, 3.63) is 72.3 Å². The van der Waals surface area contributed by atoms with Crippen molar-refractivity contribution < 1.29 is 48.3 Å². The molecule has 0 saturated heterocycles. The van der Waals surface area contributed by atoms with Crippen molar-refractivity contribution in [2.45, 2.75) is 58.3 Å². The summed E-state index contributed by atoms with van der Waals surface area (Å²) in [5.74, 6) is -2.74. The molecule has 0 amide bonds. The van der Waals surface area contributed by atoms with Crippen LogP contribution in [-0.4, -0.2) is 60.5 Å². The van der Waals surface area contributed by atoms with Crippen molar-refractivity contribution in [2.24, 2.45) is 0 Å². The van der Waals surface area contributed by atoms with Crippen LogP contribution in [0.25, 0.3) is 11.1 Å². The number of benzene rings is 2. The van der Waals surface area contributed by atoms with Crippen molar-refractivity contribution in [1.29, 1.82) is 0 Å². The van der Waals surface area contributed by atoms with Crippen LogP contribution in [0.15, 0.2) is 66.8 Å². The smallest absolute Gasteiger partial charge is 0.334 e. The Morgan fingerprint density at radius 3 is 1.81 bits per heavy atom. The lowest BCUT2D eigenvalue weighted by atomic mass is 9.95. The van der Waals surface area contributed by atoms with Gasteiger partial charge in [-0.2, -0.15) is 0 Å². The largest absolute Gasteiger partial charge is 0.490 e. The Bertz CT molecular complexity index is 1280. The van der Waals surface area contributed by atoms with E-state index in [1.807, 2.05) is 36.4 Å². The van der Waals surface area contributed by atoms with E-state index in [-0.39, 0.29) is 37.6 Å². The van der Waals surface area contributed by atoms with E-state index in [2.05, 4.69) is 20.1 Å². The van der Waals surface area contributed by atoms with Gasteiger partial charge in [-0.25, -0.2) is 9.59 Å². The topological polar surface area (TPSA) is 146 Å². The quantitative estimate of drug-likeness (QED) is 0.103. The molecule has 0 bridgehead atoms. The van der Waals surface area contributed by atoms with Gasteiger partial charge in [-0.1, -0.05) is 64.0 Å². The number of carbonyl (C=O) groups excluding carboxylic acids is 2. The summed E-state index contributed by atoms with van der Waals surface area (Å²) in [6.45, 7) is 9.04. The van der Waals surface area contributed by atoms with Crippen molar-refractivity contribution in [2.75, 3.05) is 26.4 Å². The Morgan fingerprint density at radius 1 is 0.698 bits per heavy atom. The molecule has 0 atom stereocenters. The first-order valence-corrected chi connectivity index (χ1v) is 14.2. The van der Waals surface area contributed by atoms with Gasteiger partial charge in [0.05, 0.1) is 12.8 Å². The molecule has 10 heteroatoms. The number of hydrogen-bond donors (Lipinski definition) is 2. The number of ether oxygens (including phenoxy) is 4. The molecule has 0 aromatic heterocycles. The highest BCUT2D eigenvalue weighted by Crippen LogP contribution is 2.32. The first-order valence-electron chi connectivity index (χ1n) is 14.2. The Hall–Kier alpha value is -4.60. The minimum atomic E-state index is -1.16. The highest BCUT2D eigenvalue weighted by Gasteiger charge is 2.14. The maximum absolute atomic E-state index is 11.9. The Kier molecular flexibility index (Phi) is 15.1. The van der Waals surface area contributed by atoms with Crippen LogP contribution in [0.2, 0.25) is 0 Å². The van der Waals surface area contributed by atoms with Gasteiger partial charge in [-0.3, -0.25) is 9.59 Å². The van der Waals surface area contributed by atoms with Crippen LogP contribution in [0, 0.1) is 0 Å². The number of carboxylic acid groups (broad SMARTS) is 2. The van der Waals surface area contributed by atoms with Gasteiger partial charge in [-0.05, 0) is 53.8 Å². The summed E-state index contributed by atoms with van der Waals surface area (Å²) in [5.41, 5.74) is 2.72. The molecule has 2 aromatic carbocycles. The summed E-state index contributed by atoms with van der Waals surface area (Å²) >= 11 is 0. The second-order valence-corrected chi connectivity index (χ2v) is 9.83. The van der Waals surface area contributed by atoms with Gasteiger partial charge in [0.15, 0.2) is 0 Å². The number of hydrogen-bond acceptors (Lipinski definition) is 8. The van der Waals surface area contributed by atoms with Gasteiger partial charge >= 0.3 is 23.9 Å². The van der Waals surface area contributed by atoms with Crippen LogP contribution in [-0.2, 0) is 35.1 Å². The molecule has 43 heavy (non-hydrogen) atoms. The normalized spacial score (nSPS) is 10.4. The van der Waals surface area contributed by atoms with Crippen LogP contribution < -0.4 is 9.47 Å². The summed E-state index contributed by atoms with van der Waals surface area (Å²) in [6.07, 6.45) is 5.63. The molecule has 0 saturated carbocycles. The minimum absolute atomic E-state index is 0.0659. The molecule has 0 heterocycles. The lowest BCUT2D eigenvalue weighted by molar-refractivity contribution is -0.143. The van der Waals surface area contributed by atoms with Crippen molar-refractivity contribution in [1.82, 2.24) is 0 Å². The summed E-state index contributed by atoms with van der Waals surface area (Å²) in [5, 5.41) is 17.6. The molecule has 0 unspecified atom stereocenters. The van der Waals surface area contributed by atoms with Crippen LogP contribution in [0.5, 0.6) is 11.5 Å². The van der Waals surface area contributed by atoms with Crippen molar-refractivity contribution in [3.8, 4) is 22.6 Å². The zero-order valence-corrected chi connectivity index (χ0v) is 24.6. The monoisotopic (exact) mass is 596 g/mol. The molecular formula is C33H40O10. The third-order valence-corrected chi connectivity index (χ3v) is 6.25. The lowest BCUT2D eigenvalue weighted by Gasteiger charge is -2.15. The molecule has 0 aliphatic carbocycles. The molecule has 2 rings (SSSR count). The fraction of sp³-hybridized carbons (Fsp3) is 0.394. The van der Waals surface area contributed by atoms with E-state index in [0.717, 1.165) is 36.0 Å². The van der Waals surface area contributed by atoms with Gasteiger partial charge in [0.25, 0.3) is 0 Å². The van der Waals surface area contributed by atoms with Crippen LogP contribution in [0.1, 0.15) is 57.4 Å². The second kappa shape index (κ2) is 18.8. The maximum atomic E-state index is 11.9. The SMILES string of the molecule is C=C(CC(=O)O)C(=O)OCCOc1cccc(-c2cc(OCCOC(=O)C(=C)CC(=O)O)ccc2CCCCCCC)c1. The van der Waals surface area contributed by atoms with Gasteiger partial charge < -0.3 is 29.2 Å². The highest BCUT2D eigenvalue weighted by atomic mass is 16.6. The Labute approximate surface area is 251 Å². The van der Waals surface area contributed by atoms with E-state index >= 15 is 0 Å². The predicted molar refractivity (Wildman–Crippen MR) is 160 cm³/mol. The molecule has 10 nitrogen and oxygen atoms in total. The van der Waals surface area contributed by atoms with E-state index in [4.69, 9.17) is 29.2 Å². The van der Waals surface area contributed by atoms with Gasteiger partial charge in [0.2, 0.25) is 0 Å². The van der Waals surface area contributed by atoms with Crippen LogP contribution in [0.3, 0.4) is 0 Å².